The Kier molecular flexibility index (Phi) is 3.44. The lowest BCUT2D eigenvalue weighted by Crippen LogP contribution is -2.40. The van der Waals surface area contributed by atoms with Crippen molar-refractivity contribution in [2.24, 2.45) is 7.05 Å². The number of halogens is 1. The summed E-state index contributed by atoms with van der Waals surface area (Å²) in [5, 5.41) is 3.15. The van der Waals surface area contributed by atoms with Crippen LogP contribution < -0.4 is 16.7 Å². The Hall–Kier alpha value is -2.08. The molecule has 0 saturated carbocycles. The molecule has 0 aliphatic heterocycles. The van der Waals surface area contributed by atoms with Gasteiger partial charge in [-0.2, -0.15) is 4.98 Å². The standard InChI is InChI=1S/C12H13ClN4O2/c1-7-4-5-8(13)6-9(7)17-11(18)15-10(14-2)16(3)12(17)19/h4-6H,1-3H3,(H,14,15,18). The van der Waals surface area contributed by atoms with Gasteiger partial charge in [-0.3, -0.25) is 4.57 Å². The van der Waals surface area contributed by atoms with Crippen LogP contribution in [0.5, 0.6) is 0 Å². The van der Waals surface area contributed by atoms with Crippen LogP contribution in [0.1, 0.15) is 5.56 Å². The number of rotatable bonds is 2. The summed E-state index contributed by atoms with van der Waals surface area (Å²) in [6.07, 6.45) is 0. The lowest BCUT2D eigenvalue weighted by atomic mass is 10.2. The van der Waals surface area contributed by atoms with E-state index < -0.39 is 11.4 Å². The van der Waals surface area contributed by atoms with E-state index in [-0.39, 0.29) is 5.95 Å². The van der Waals surface area contributed by atoms with Crippen molar-refractivity contribution in [1.29, 1.82) is 0 Å². The molecule has 1 aromatic heterocycles. The smallest absolute Gasteiger partial charge is 0.358 e. The lowest BCUT2D eigenvalue weighted by molar-refractivity contribution is 0.700. The van der Waals surface area contributed by atoms with Crippen molar-refractivity contribution in [3.05, 3.63) is 49.8 Å². The van der Waals surface area contributed by atoms with E-state index in [1.165, 1.54) is 11.6 Å². The summed E-state index contributed by atoms with van der Waals surface area (Å²) in [6.45, 7) is 1.80. The molecule has 1 N–H and O–H groups in total. The van der Waals surface area contributed by atoms with Crippen molar-refractivity contribution in [3.63, 3.8) is 0 Å². The molecule has 2 rings (SSSR count). The molecule has 19 heavy (non-hydrogen) atoms. The van der Waals surface area contributed by atoms with Gasteiger partial charge in [-0.1, -0.05) is 17.7 Å². The molecule has 0 amide bonds. The summed E-state index contributed by atoms with van der Waals surface area (Å²) in [5.41, 5.74) is 0.0865. The first-order valence-electron chi connectivity index (χ1n) is 5.60. The number of benzene rings is 1. The van der Waals surface area contributed by atoms with E-state index in [9.17, 15) is 9.59 Å². The Morgan fingerprint density at radius 1 is 1.32 bits per heavy atom. The summed E-state index contributed by atoms with van der Waals surface area (Å²) >= 11 is 5.91. The third-order valence-electron chi connectivity index (χ3n) is 2.82. The fourth-order valence-electron chi connectivity index (χ4n) is 1.79. The molecule has 0 aliphatic carbocycles. The van der Waals surface area contributed by atoms with Crippen LogP contribution in [0.4, 0.5) is 5.95 Å². The molecule has 1 aromatic carbocycles. The number of anilines is 1. The first-order valence-corrected chi connectivity index (χ1v) is 5.98. The molecular weight excluding hydrogens is 268 g/mol. The topological polar surface area (TPSA) is 68.9 Å². The van der Waals surface area contributed by atoms with Crippen molar-refractivity contribution >= 4 is 17.5 Å². The lowest BCUT2D eigenvalue weighted by Gasteiger charge is -2.11. The van der Waals surface area contributed by atoms with Crippen LogP contribution in [0.3, 0.4) is 0 Å². The van der Waals surface area contributed by atoms with Gasteiger partial charge >= 0.3 is 11.4 Å². The molecule has 0 unspecified atom stereocenters. The fourth-order valence-corrected chi connectivity index (χ4v) is 1.96. The average molecular weight is 281 g/mol. The third kappa shape index (κ3) is 2.26. The van der Waals surface area contributed by atoms with Gasteiger partial charge in [0.1, 0.15) is 0 Å². The summed E-state index contributed by atoms with van der Waals surface area (Å²) in [4.78, 5) is 28.0. The third-order valence-corrected chi connectivity index (χ3v) is 3.06. The van der Waals surface area contributed by atoms with Crippen molar-refractivity contribution in [1.82, 2.24) is 14.1 Å². The van der Waals surface area contributed by atoms with Crippen LogP contribution in [0.25, 0.3) is 5.69 Å². The highest BCUT2D eigenvalue weighted by Gasteiger charge is 2.13. The second kappa shape index (κ2) is 4.89. The van der Waals surface area contributed by atoms with E-state index in [1.54, 1.807) is 32.2 Å². The van der Waals surface area contributed by atoms with Gasteiger partial charge in [-0.15, -0.1) is 0 Å². The van der Waals surface area contributed by atoms with Crippen LogP contribution >= 0.6 is 11.6 Å². The quantitative estimate of drug-likeness (QED) is 0.889. The predicted octanol–water partition coefficient (Wildman–Crippen LogP) is 0.935. The highest BCUT2D eigenvalue weighted by Crippen LogP contribution is 2.17. The Balaban J connectivity index is 2.84. The minimum Gasteiger partial charge on any atom is -0.358 e. The normalized spacial score (nSPS) is 10.5. The molecular formula is C12H13ClN4O2. The highest BCUT2D eigenvalue weighted by atomic mass is 35.5. The molecule has 6 nitrogen and oxygen atoms in total. The second-order valence-electron chi connectivity index (χ2n) is 4.08. The molecule has 0 atom stereocenters. The van der Waals surface area contributed by atoms with E-state index >= 15 is 0 Å². The van der Waals surface area contributed by atoms with Crippen LogP contribution in [-0.4, -0.2) is 21.2 Å². The van der Waals surface area contributed by atoms with Crippen molar-refractivity contribution in [2.45, 2.75) is 6.92 Å². The molecule has 0 bridgehead atoms. The van der Waals surface area contributed by atoms with Gasteiger partial charge in [0.2, 0.25) is 5.95 Å². The maximum atomic E-state index is 12.2. The minimum absolute atomic E-state index is 0.214. The van der Waals surface area contributed by atoms with E-state index in [2.05, 4.69) is 10.3 Å². The van der Waals surface area contributed by atoms with Crippen LogP contribution in [0.2, 0.25) is 5.02 Å². The summed E-state index contributed by atoms with van der Waals surface area (Å²) < 4.78 is 2.27. The van der Waals surface area contributed by atoms with Crippen molar-refractivity contribution in [3.8, 4) is 5.69 Å². The van der Waals surface area contributed by atoms with Crippen LogP contribution in [0, 0.1) is 6.92 Å². The Morgan fingerprint density at radius 2 is 2.00 bits per heavy atom. The van der Waals surface area contributed by atoms with Gasteiger partial charge in [0.15, 0.2) is 0 Å². The van der Waals surface area contributed by atoms with Gasteiger partial charge in [0, 0.05) is 19.1 Å². The largest absolute Gasteiger partial charge is 0.359 e. The zero-order valence-electron chi connectivity index (χ0n) is 10.8. The number of hydrogen-bond donors (Lipinski definition) is 1. The Labute approximate surface area is 114 Å². The molecule has 0 radical (unpaired) electrons. The number of nitrogens with zero attached hydrogens (tertiary/aromatic N) is 3. The van der Waals surface area contributed by atoms with E-state index in [1.807, 2.05) is 0 Å². The van der Waals surface area contributed by atoms with Gasteiger partial charge in [-0.25, -0.2) is 14.2 Å². The van der Waals surface area contributed by atoms with Crippen molar-refractivity contribution < 1.29 is 0 Å². The van der Waals surface area contributed by atoms with Crippen LogP contribution in [-0.2, 0) is 7.05 Å². The molecule has 1 heterocycles. The number of aromatic nitrogens is 3. The van der Waals surface area contributed by atoms with E-state index in [0.29, 0.717) is 10.7 Å². The first kappa shape index (κ1) is 13.4. The summed E-state index contributed by atoms with van der Waals surface area (Å²) in [7, 11) is 3.13. The average Bonchev–Trinajstić information content (AvgIpc) is 2.38. The van der Waals surface area contributed by atoms with E-state index in [4.69, 9.17) is 11.6 Å². The Bertz CT molecular complexity index is 748. The van der Waals surface area contributed by atoms with Gasteiger partial charge in [-0.05, 0) is 24.6 Å². The number of nitrogens with one attached hydrogen (secondary N) is 1. The molecule has 0 saturated heterocycles. The number of aryl methyl sites for hydroxylation is 1. The first-order chi connectivity index (χ1) is 8.95. The molecule has 2 aromatic rings. The molecule has 0 fully saturated rings. The van der Waals surface area contributed by atoms with Gasteiger partial charge in [0.05, 0.1) is 5.69 Å². The van der Waals surface area contributed by atoms with Gasteiger partial charge in [0.25, 0.3) is 0 Å². The predicted molar refractivity (Wildman–Crippen MR) is 74.4 cm³/mol. The zero-order valence-corrected chi connectivity index (χ0v) is 11.5. The van der Waals surface area contributed by atoms with Crippen LogP contribution in [0.15, 0.2) is 27.8 Å². The monoisotopic (exact) mass is 280 g/mol. The number of hydrogen-bond acceptors (Lipinski definition) is 4. The van der Waals surface area contributed by atoms with E-state index in [0.717, 1.165) is 10.1 Å². The maximum Gasteiger partial charge on any atom is 0.359 e. The molecule has 0 spiro atoms. The summed E-state index contributed by atoms with van der Waals surface area (Å²) in [5.74, 6) is 0.214. The minimum atomic E-state index is -0.641. The zero-order chi connectivity index (χ0) is 14.2. The SMILES string of the molecule is CNc1nc(=O)n(-c2cc(Cl)ccc2C)c(=O)n1C. The van der Waals surface area contributed by atoms with Gasteiger partial charge < -0.3 is 5.32 Å². The maximum absolute atomic E-state index is 12.2. The van der Waals surface area contributed by atoms with Crippen molar-refractivity contribution in [2.75, 3.05) is 12.4 Å². The molecule has 7 heteroatoms. The second-order valence-corrected chi connectivity index (χ2v) is 4.51. The fraction of sp³-hybridized carbons (Fsp3) is 0.250. The molecule has 0 aliphatic rings. The summed E-state index contributed by atoms with van der Waals surface area (Å²) in [6, 6.07) is 5.02. The molecule has 100 valence electrons. The Morgan fingerprint density at radius 3 is 2.63 bits per heavy atom. The highest BCUT2D eigenvalue weighted by molar-refractivity contribution is 6.30.